The molecular formula is C11H20N2O5S. The van der Waals surface area contributed by atoms with Crippen molar-refractivity contribution in [2.75, 3.05) is 31.1 Å². The van der Waals surface area contributed by atoms with Crippen LogP contribution < -0.4 is 5.32 Å². The van der Waals surface area contributed by atoms with E-state index in [1.54, 1.807) is 11.8 Å². The number of carbonyl (C=O) groups is 2. The Bertz CT molecular complexity index is 434. The van der Waals surface area contributed by atoms with Gasteiger partial charge in [-0.05, 0) is 13.3 Å². The van der Waals surface area contributed by atoms with Crippen molar-refractivity contribution in [3.05, 3.63) is 0 Å². The fourth-order valence-corrected chi connectivity index (χ4v) is 3.88. The number of carbonyl (C=O) groups excluding carboxylic acids is 1. The van der Waals surface area contributed by atoms with Gasteiger partial charge in [0.05, 0.1) is 24.5 Å². The largest absolute Gasteiger partial charge is 0.481 e. The van der Waals surface area contributed by atoms with Crippen LogP contribution >= 0.6 is 0 Å². The van der Waals surface area contributed by atoms with E-state index in [0.29, 0.717) is 13.0 Å². The Morgan fingerprint density at radius 3 is 2.58 bits per heavy atom. The average molecular weight is 292 g/mol. The Labute approximate surface area is 112 Å². The third kappa shape index (κ3) is 5.15. The Morgan fingerprint density at radius 2 is 2.11 bits per heavy atom. The van der Waals surface area contributed by atoms with Crippen molar-refractivity contribution in [1.82, 2.24) is 10.2 Å². The molecular weight excluding hydrogens is 272 g/mol. The van der Waals surface area contributed by atoms with Gasteiger partial charge in [0.1, 0.15) is 0 Å². The second-order valence-corrected chi connectivity index (χ2v) is 6.79. The van der Waals surface area contributed by atoms with E-state index in [1.165, 1.54) is 0 Å². The monoisotopic (exact) mass is 292 g/mol. The summed E-state index contributed by atoms with van der Waals surface area (Å²) in [6.07, 6.45) is 0.439. The van der Waals surface area contributed by atoms with E-state index in [2.05, 4.69) is 5.32 Å². The number of nitrogens with zero attached hydrogens (tertiary/aromatic N) is 1. The fourth-order valence-electron chi connectivity index (χ4n) is 2.15. The van der Waals surface area contributed by atoms with Crippen LogP contribution in [0.25, 0.3) is 0 Å². The van der Waals surface area contributed by atoms with Crippen molar-refractivity contribution in [2.24, 2.45) is 0 Å². The van der Waals surface area contributed by atoms with E-state index in [0.717, 1.165) is 0 Å². The lowest BCUT2D eigenvalue weighted by atomic mass is 10.2. The molecule has 1 amide bonds. The second-order valence-electron chi connectivity index (χ2n) is 4.56. The van der Waals surface area contributed by atoms with Gasteiger partial charge in [0.15, 0.2) is 9.84 Å². The van der Waals surface area contributed by atoms with Gasteiger partial charge in [-0.2, -0.15) is 0 Å². The first-order chi connectivity index (χ1) is 8.85. The Kier molecular flexibility index (Phi) is 5.74. The van der Waals surface area contributed by atoms with Crippen LogP contribution in [0.5, 0.6) is 0 Å². The molecule has 1 saturated heterocycles. The van der Waals surface area contributed by atoms with E-state index in [1.807, 2.05) is 0 Å². The van der Waals surface area contributed by atoms with E-state index >= 15 is 0 Å². The van der Waals surface area contributed by atoms with Crippen molar-refractivity contribution in [2.45, 2.75) is 25.8 Å². The SMILES string of the molecule is CCN(C(=O)CNCCC(=O)O)C1CCS(=O)(=O)C1. The molecule has 0 saturated carbocycles. The molecule has 0 aromatic carbocycles. The first-order valence-electron chi connectivity index (χ1n) is 6.28. The van der Waals surface area contributed by atoms with Gasteiger partial charge in [-0.25, -0.2) is 8.42 Å². The molecule has 0 aromatic heterocycles. The summed E-state index contributed by atoms with van der Waals surface area (Å²) < 4.78 is 22.8. The third-order valence-electron chi connectivity index (χ3n) is 3.10. The van der Waals surface area contributed by atoms with E-state index in [4.69, 9.17) is 5.11 Å². The van der Waals surface area contributed by atoms with Gasteiger partial charge in [-0.15, -0.1) is 0 Å². The zero-order chi connectivity index (χ0) is 14.5. The second kappa shape index (κ2) is 6.85. The lowest BCUT2D eigenvalue weighted by Gasteiger charge is -2.27. The number of sulfone groups is 1. The minimum Gasteiger partial charge on any atom is -0.481 e. The number of carboxylic acids is 1. The number of aliphatic carboxylic acids is 1. The highest BCUT2D eigenvalue weighted by Gasteiger charge is 2.33. The summed E-state index contributed by atoms with van der Waals surface area (Å²) in [6, 6.07) is -0.247. The maximum Gasteiger partial charge on any atom is 0.304 e. The Morgan fingerprint density at radius 1 is 1.42 bits per heavy atom. The molecule has 0 aliphatic carbocycles. The predicted molar refractivity (Wildman–Crippen MR) is 69.6 cm³/mol. The fraction of sp³-hybridized carbons (Fsp3) is 0.818. The van der Waals surface area contributed by atoms with Gasteiger partial charge < -0.3 is 15.3 Å². The van der Waals surface area contributed by atoms with Crippen LogP contribution in [0.15, 0.2) is 0 Å². The number of nitrogens with one attached hydrogen (secondary N) is 1. The molecule has 1 rings (SSSR count). The quantitative estimate of drug-likeness (QED) is 0.589. The van der Waals surface area contributed by atoms with E-state index in [-0.39, 0.29) is 43.0 Å². The topological polar surface area (TPSA) is 104 Å². The number of amides is 1. The summed E-state index contributed by atoms with van der Waals surface area (Å²) in [5.41, 5.74) is 0. The van der Waals surface area contributed by atoms with Crippen molar-refractivity contribution < 1.29 is 23.1 Å². The Hall–Kier alpha value is -1.15. The molecule has 1 fully saturated rings. The Balaban J connectivity index is 2.42. The number of likely N-dealkylation sites (N-methyl/N-ethyl adjacent to an activating group) is 1. The van der Waals surface area contributed by atoms with E-state index < -0.39 is 15.8 Å². The van der Waals surface area contributed by atoms with Gasteiger partial charge in [-0.1, -0.05) is 0 Å². The summed E-state index contributed by atoms with van der Waals surface area (Å²) in [5, 5.41) is 11.2. The molecule has 110 valence electrons. The van der Waals surface area contributed by atoms with Crippen molar-refractivity contribution in [3.63, 3.8) is 0 Å². The molecule has 1 heterocycles. The van der Waals surface area contributed by atoms with Crippen LogP contribution in [0.4, 0.5) is 0 Å². The minimum absolute atomic E-state index is 0.0295. The van der Waals surface area contributed by atoms with Crippen LogP contribution in [0, 0.1) is 0 Å². The summed E-state index contributed by atoms with van der Waals surface area (Å²) >= 11 is 0. The number of carboxylic acid groups (broad SMARTS) is 1. The van der Waals surface area contributed by atoms with E-state index in [9.17, 15) is 18.0 Å². The highest BCUT2D eigenvalue weighted by molar-refractivity contribution is 7.91. The van der Waals surface area contributed by atoms with Crippen molar-refractivity contribution in [1.29, 1.82) is 0 Å². The maximum atomic E-state index is 11.9. The van der Waals surface area contributed by atoms with Crippen LogP contribution in [-0.4, -0.2) is 67.5 Å². The molecule has 1 unspecified atom stereocenters. The first-order valence-corrected chi connectivity index (χ1v) is 8.10. The maximum absolute atomic E-state index is 11.9. The molecule has 1 aliphatic rings. The van der Waals surface area contributed by atoms with Gasteiger partial charge >= 0.3 is 5.97 Å². The highest BCUT2D eigenvalue weighted by atomic mass is 32.2. The smallest absolute Gasteiger partial charge is 0.304 e. The summed E-state index contributed by atoms with van der Waals surface area (Å²) in [7, 11) is -3.01. The minimum atomic E-state index is -3.01. The molecule has 0 spiro atoms. The lowest BCUT2D eigenvalue weighted by Crippen LogP contribution is -2.45. The molecule has 1 aliphatic heterocycles. The predicted octanol–water partition coefficient (Wildman–Crippen LogP) is -0.914. The van der Waals surface area contributed by atoms with Gasteiger partial charge in [0, 0.05) is 19.1 Å². The molecule has 0 aromatic rings. The van der Waals surface area contributed by atoms with Gasteiger partial charge in [0.2, 0.25) is 5.91 Å². The first kappa shape index (κ1) is 15.9. The van der Waals surface area contributed by atoms with Crippen LogP contribution in [-0.2, 0) is 19.4 Å². The standard InChI is InChI=1S/C11H20N2O5S/c1-2-13(9-4-6-19(17,18)8-9)10(14)7-12-5-3-11(15)16/h9,12H,2-8H2,1H3,(H,15,16). The number of hydrogen-bond donors (Lipinski definition) is 2. The number of hydrogen-bond acceptors (Lipinski definition) is 5. The van der Waals surface area contributed by atoms with Crippen molar-refractivity contribution in [3.8, 4) is 0 Å². The molecule has 0 radical (unpaired) electrons. The van der Waals surface area contributed by atoms with Crippen LogP contribution in [0.2, 0.25) is 0 Å². The average Bonchev–Trinajstić information content (AvgIpc) is 2.66. The molecule has 7 nitrogen and oxygen atoms in total. The van der Waals surface area contributed by atoms with Crippen LogP contribution in [0.3, 0.4) is 0 Å². The molecule has 8 heteroatoms. The van der Waals surface area contributed by atoms with Crippen molar-refractivity contribution >= 4 is 21.7 Å². The highest BCUT2D eigenvalue weighted by Crippen LogP contribution is 2.17. The third-order valence-corrected chi connectivity index (χ3v) is 4.85. The summed E-state index contributed by atoms with van der Waals surface area (Å²) in [6.45, 7) is 2.53. The summed E-state index contributed by atoms with van der Waals surface area (Å²) in [4.78, 5) is 23.8. The molecule has 0 bridgehead atoms. The summed E-state index contributed by atoms with van der Waals surface area (Å²) in [5.74, 6) is -0.945. The lowest BCUT2D eigenvalue weighted by molar-refractivity contribution is -0.137. The van der Waals surface area contributed by atoms with Gasteiger partial charge in [0.25, 0.3) is 0 Å². The molecule has 1 atom stereocenters. The van der Waals surface area contributed by atoms with Gasteiger partial charge in [-0.3, -0.25) is 9.59 Å². The number of rotatable bonds is 7. The van der Waals surface area contributed by atoms with Crippen LogP contribution in [0.1, 0.15) is 19.8 Å². The zero-order valence-electron chi connectivity index (χ0n) is 11.0. The zero-order valence-corrected chi connectivity index (χ0v) is 11.8. The normalized spacial score (nSPS) is 21.2. The molecule has 2 N–H and O–H groups in total. The molecule has 19 heavy (non-hydrogen) atoms.